The number of pyridine rings is 1. The molecule has 2 rings (SSSR count). The summed E-state index contributed by atoms with van der Waals surface area (Å²) in [6.45, 7) is 0. The lowest BCUT2D eigenvalue weighted by Crippen LogP contribution is -2.07. The molecule has 0 aliphatic heterocycles. The van der Waals surface area contributed by atoms with Gasteiger partial charge in [-0.15, -0.1) is 0 Å². The summed E-state index contributed by atoms with van der Waals surface area (Å²) in [7, 11) is 0. The summed E-state index contributed by atoms with van der Waals surface area (Å²) in [6, 6.07) is 7.39. The van der Waals surface area contributed by atoms with Crippen LogP contribution in [0, 0.1) is 11.3 Å². The molecular formula is C13H6ClF3N2O. The molecule has 0 unspecified atom stereocenters. The van der Waals surface area contributed by atoms with E-state index >= 15 is 0 Å². The van der Waals surface area contributed by atoms with Crippen LogP contribution in [-0.2, 0) is 6.18 Å². The third-order valence-electron chi connectivity index (χ3n) is 2.34. The van der Waals surface area contributed by atoms with Crippen molar-refractivity contribution in [2.45, 2.75) is 6.18 Å². The van der Waals surface area contributed by atoms with E-state index in [0.717, 1.165) is 12.1 Å². The number of rotatable bonds is 2. The summed E-state index contributed by atoms with van der Waals surface area (Å²) in [5.41, 5.74) is -1.12. The van der Waals surface area contributed by atoms with Gasteiger partial charge in [0.25, 0.3) is 0 Å². The van der Waals surface area contributed by atoms with Crippen LogP contribution >= 0.6 is 11.6 Å². The minimum absolute atomic E-state index is 0.0996. The largest absolute Gasteiger partial charge is 0.457 e. The second-order valence-corrected chi connectivity index (χ2v) is 4.12. The van der Waals surface area contributed by atoms with Crippen molar-refractivity contribution in [1.82, 2.24) is 4.98 Å². The maximum atomic E-state index is 12.9. The zero-order valence-electron chi connectivity index (χ0n) is 9.78. The van der Waals surface area contributed by atoms with Gasteiger partial charge in [-0.25, -0.2) is 4.98 Å². The Labute approximate surface area is 117 Å². The number of alkyl halides is 3. The van der Waals surface area contributed by atoms with Gasteiger partial charge in [-0.05, 0) is 24.3 Å². The minimum Gasteiger partial charge on any atom is -0.457 e. The van der Waals surface area contributed by atoms with E-state index < -0.39 is 17.5 Å². The highest BCUT2D eigenvalue weighted by Crippen LogP contribution is 2.38. The lowest BCUT2D eigenvalue weighted by molar-refractivity contribution is -0.138. The van der Waals surface area contributed by atoms with Gasteiger partial charge < -0.3 is 4.74 Å². The summed E-state index contributed by atoms with van der Waals surface area (Å²) in [5, 5.41) is 8.76. The van der Waals surface area contributed by atoms with Gasteiger partial charge in [-0.3, -0.25) is 0 Å². The number of nitrogens with zero attached hydrogens (tertiary/aromatic N) is 2. The van der Waals surface area contributed by atoms with Crippen LogP contribution in [0.3, 0.4) is 0 Å². The molecule has 0 fully saturated rings. The van der Waals surface area contributed by atoms with E-state index in [1.807, 2.05) is 0 Å². The molecule has 0 aliphatic rings. The Bertz CT molecular complexity index is 680. The van der Waals surface area contributed by atoms with Gasteiger partial charge in [0.05, 0.1) is 17.2 Å². The van der Waals surface area contributed by atoms with E-state index in [1.165, 1.54) is 24.4 Å². The van der Waals surface area contributed by atoms with Crippen molar-refractivity contribution in [2.24, 2.45) is 0 Å². The summed E-state index contributed by atoms with van der Waals surface area (Å²) in [5.74, 6) is -0.279. The van der Waals surface area contributed by atoms with Crippen LogP contribution in [-0.4, -0.2) is 4.98 Å². The van der Waals surface area contributed by atoms with E-state index in [4.69, 9.17) is 21.6 Å². The molecule has 1 aromatic heterocycles. The molecule has 1 heterocycles. The Morgan fingerprint density at radius 2 is 1.95 bits per heavy atom. The topological polar surface area (TPSA) is 45.9 Å². The van der Waals surface area contributed by atoms with Gasteiger partial charge >= 0.3 is 6.18 Å². The van der Waals surface area contributed by atoms with E-state index in [1.54, 1.807) is 6.07 Å². The van der Waals surface area contributed by atoms with Gasteiger partial charge in [-0.1, -0.05) is 11.6 Å². The van der Waals surface area contributed by atoms with Crippen molar-refractivity contribution in [1.29, 1.82) is 5.26 Å². The molecule has 2 aromatic rings. The van der Waals surface area contributed by atoms with E-state index in [0.29, 0.717) is 0 Å². The normalized spacial score (nSPS) is 10.9. The van der Waals surface area contributed by atoms with Crippen LogP contribution in [0.15, 0.2) is 36.5 Å². The van der Waals surface area contributed by atoms with Crippen molar-refractivity contribution in [3.63, 3.8) is 0 Å². The fourth-order valence-electron chi connectivity index (χ4n) is 1.49. The lowest BCUT2D eigenvalue weighted by atomic mass is 10.1. The number of ether oxygens (including phenoxy) is 1. The third-order valence-corrected chi connectivity index (χ3v) is 2.55. The number of halogens is 4. The molecule has 0 bridgehead atoms. The molecule has 1 aromatic carbocycles. The van der Waals surface area contributed by atoms with Crippen LogP contribution in [0.1, 0.15) is 11.1 Å². The highest BCUT2D eigenvalue weighted by molar-refractivity contribution is 6.29. The number of aromatic nitrogens is 1. The molecule has 102 valence electrons. The average molecular weight is 299 g/mol. The van der Waals surface area contributed by atoms with Crippen molar-refractivity contribution < 1.29 is 17.9 Å². The fraction of sp³-hybridized carbons (Fsp3) is 0.0769. The Hall–Kier alpha value is -2.26. The molecule has 0 aliphatic carbocycles. The minimum atomic E-state index is -4.63. The fourth-order valence-corrected chi connectivity index (χ4v) is 1.65. The zero-order chi connectivity index (χ0) is 14.8. The predicted octanol–water partition coefficient (Wildman–Crippen LogP) is 4.42. The van der Waals surface area contributed by atoms with Crippen molar-refractivity contribution in [3.05, 3.63) is 52.8 Å². The average Bonchev–Trinajstić information content (AvgIpc) is 2.38. The first-order valence-electron chi connectivity index (χ1n) is 5.31. The molecule has 0 radical (unpaired) electrons. The molecule has 0 amide bonds. The first kappa shape index (κ1) is 14.2. The SMILES string of the molecule is N#Cc1ccc(Oc2ccnc(Cl)c2)c(C(F)(F)F)c1. The molecule has 20 heavy (non-hydrogen) atoms. The Kier molecular flexibility index (Phi) is 3.81. The molecular weight excluding hydrogens is 293 g/mol. The smallest absolute Gasteiger partial charge is 0.420 e. The van der Waals surface area contributed by atoms with Gasteiger partial charge in [0, 0.05) is 12.3 Å². The number of hydrogen-bond acceptors (Lipinski definition) is 3. The van der Waals surface area contributed by atoms with Crippen molar-refractivity contribution in [2.75, 3.05) is 0 Å². The van der Waals surface area contributed by atoms with Gasteiger partial charge in [-0.2, -0.15) is 18.4 Å². The van der Waals surface area contributed by atoms with Gasteiger partial charge in [0.1, 0.15) is 16.7 Å². The maximum absolute atomic E-state index is 12.9. The monoisotopic (exact) mass is 298 g/mol. The molecule has 0 saturated heterocycles. The molecule has 0 atom stereocenters. The second kappa shape index (κ2) is 5.39. The standard InChI is InChI=1S/C13H6ClF3N2O/c14-12-6-9(3-4-19-12)20-11-2-1-8(7-18)5-10(11)13(15,16)17/h1-6H. The van der Waals surface area contributed by atoms with E-state index in [2.05, 4.69) is 4.98 Å². The summed E-state index contributed by atoms with van der Waals surface area (Å²) >= 11 is 5.63. The molecule has 7 heteroatoms. The Morgan fingerprint density at radius 1 is 1.20 bits per heavy atom. The Morgan fingerprint density at radius 3 is 2.55 bits per heavy atom. The summed E-state index contributed by atoms with van der Waals surface area (Å²) < 4.78 is 43.9. The number of benzene rings is 1. The third kappa shape index (κ3) is 3.19. The first-order valence-corrected chi connectivity index (χ1v) is 5.68. The quantitative estimate of drug-likeness (QED) is 0.771. The molecule has 0 saturated carbocycles. The lowest BCUT2D eigenvalue weighted by Gasteiger charge is -2.13. The van der Waals surface area contributed by atoms with Crippen molar-refractivity contribution in [3.8, 4) is 17.6 Å². The molecule has 0 N–H and O–H groups in total. The van der Waals surface area contributed by atoms with Crippen LogP contribution in [0.5, 0.6) is 11.5 Å². The van der Waals surface area contributed by atoms with Gasteiger partial charge in [0.15, 0.2) is 0 Å². The predicted molar refractivity (Wildman–Crippen MR) is 65.5 cm³/mol. The number of hydrogen-bond donors (Lipinski definition) is 0. The van der Waals surface area contributed by atoms with E-state index in [9.17, 15) is 13.2 Å². The van der Waals surface area contributed by atoms with Crippen LogP contribution in [0.25, 0.3) is 0 Å². The van der Waals surface area contributed by atoms with Crippen LogP contribution in [0.4, 0.5) is 13.2 Å². The number of nitriles is 1. The second-order valence-electron chi connectivity index (χ2n) is 3.74. The highest BCUT2D eigenvalue weighted by Gasteiger charge is 2.35. The van der Waals surface area contributed by atoms with Crippen molar-refractivity contribution >= 4 is 11.6 Å². The van der Waals surface area contributed by atoms with Crippen LogP contribution in [0.2, 0.25) is 5.15 Å². The van der Waals surface area contributed by atoms with Crippen LogP contribution < -0.4 is 4.74 Å². The maximum Gasteiger partial charge on any atom is 0.420 e. The summed E-state index contributed by atoms with van der Waals surface area (Å²) in [6.07, 6.45) is -3.31. The van der Waals surface area contributed by atoms with Gasteiger partial charge in [0.2, 0.25) is 0 Å². The zero-order valence-corrected chi connectivity index (χ0v) is 10.5. The summed E-state index contributed by atoms with van der Waals surface area (Å²) in [4.78, 5) is 3.70. The first-order chi connectivity index (χ1) is 9.40. The molecule has 0 spiro atoms. The Balaban J connectivity index is 2.44. The van der Waals surface area contributed by atoms with E-state index in [-0.39, 0.29) is 16.5 Å². The molecule has 3 nitrogen and oxygen atoms in total. The highest BCUT2D eigenvalue weighted by atomic mass is 35.5.